The van der Waals surface area contributed by atoms with Crippen LogP contribution >= 0.6 is 0 Å². The molecule has 19 heavy (non-hydrogen) atoms. The molecule has 1 fully saturated rings. The van der Waals surface area contributed by atoms with Gasteiger partial charge in [-0.1, -0.05) is 17.3 Å². The average molecular weight is 255 g/mol. The molecule has 0 atom stereocenters. The molecule has 0 radical (unpaired) electrons. The Labute approximate surface area is 109 Å². The maximum atomic E-state index is 5.27. The molecule has 0 aliphatic carbocycles. The molecule has 6 heteroatoms. The Morgan fingerprint density at radius 2 is 2.11 bits per heavy atom. The van der Waals surface area contributed by atoms with Gasteiger partial charge in [0.25, 0.3) is 0 Å². The van der Waals surface area contributed by atoms with Gasteiger partial charge in [-0.15, -0.1) is 0 Å². The number of aromatic nitrogens is 4. The number of rotatable bonds is 3. The summed E-state index contributed by atoms with van der Waals surface area (Å²) >= 11 is 0. The summed E-state index contributed by atoms with van der Waals surface area (Å²) in [5, 5.41) is 7.20. The fraction of sp³-hybridized carbons (Fsp3) is 0.308. The van der Waals surface area contributed by atoms with Crippen molar-refractivity contribution in [3.05, 3.63) is 41.8 Å². The fourth-order valence-electron chi connectivity index (χ4n) is 2.21. The van der Waals surface area contributed by atoms with Crippen LogP contribution in [0.25, 0.3) is 11.0 Å². The Bertz CT molecular complexity index is 679. The van der Waals surface area contributed by atoms with E-state index < -0.39 is 0 Å². The molecule has 3 heterocycles. The second kappa shape index (κ2) is 4.17. The highest BCUT2D eigenvalue weighted by Crippen LogP contribution is 2.18. The smallest absolute Gasteiger partial charge is 0.232 e. The minimum Gasteiger partial charge on any atom is -0.342 e. The van der Waals surface area contributed by atoms with Crippen molar-refractivity contribution in [2.75, 3.05) is 13.1 Å². The Hall–Kier alpha value is -2.21. The van der Waals surface area contributed by atoms with Crippen LogP contribution in [-0.4, -0.2) is 33.2 Å². The molecule has 1 aliphatic heterocycles. The van der Waals surface area contributed by atoms with Crippen molar-refractivity contribution in [1.82, 2.24) is 25.4 Å². The predicted molar refractivity (Wildman–Crippen MR) is 68.8 cm³/mol. The largest absolute Gasteiger partial charge is 0.342 e. The zero-order valence-electron chi connectivity index (χ0n) is 10.3. The van der Waals surface area contributed by atoms with Gasteiger partial charge in [0.1, 0.15) is 5.82 Å². The highest BCUT2D eigenvalue weighted by atomic mass is 16.5. The van der Waals surface area contributed by atoms with Crippen molar-refractivity contribution < 1.29 is 4.52 Å². The summed E-state index contributed by atoms with van der Waals surface area (Å²) in [5.41, 5.74) is 1.99. The molecule has 2 aromatic heterocycles. The maximum absolute atomic E-state index is 5.27. The zero-order valence-corrected chi connectivity index (χ0v) is 10.3. The summed E-state index contributed by atoms with van der Waals surface area (Å²) < 4.78 is 5.27. The lowest BCUT2D eigenvalue weighted by molar-refractivity contribution is 0.306. The maximum Gasteiger partial charge on any atom is 0.232 e. The molecule has 6 nitrogen and oxygen atoms in total. The quantitative estimate of drug-likeness (QED) is 0.735. The molecule has 1 saturated heterocycles. The molecule has 0 amide bonds. The fourth-order valence-corrected chi connectivity index (χ4v) is 2.21. The van der Waals surface area contributed by atoms with Crippen LogP contribution in [0.1, 0.15) is 23.5 Å². The Balaban J connectivity index is 1.58. The predicted octanol–water partition coefficient (Wildman–Crippen LogP) is 1.22. The number of nitrogens with zero attached hydrogens (tertiary/aromatic N) is 3. The molecule has 0 spiro atoms. The van der Waals surface area contributed by atoms with Crippen molar-refractivity contribution in [3.8, 4) is 0 Å². The van der Waals surface area contributed by atoms with Gasteiger partial charge in [-0.2, -0.15) is 4.98 Å². The Morgan fingerprint density at radius 3 is 2.89 bits per heavy atom. The van der Waals surface area contributed by atoms with Gasteiger partial charge in [-0.25, -0.2) is 4.98 Å². The number of H-pyrrole nitrogens is 1. The highest BCUT2D eigenvalue weighted by molar-refractivity contribution is 5.74. The molecular weight excluding hydrogens is 242 g/mol. The van der Waals surface area contributed by atoms with Crippen LogP contribution in [0.3, 0.4) is 0 Å². The van der Waals surface area contributed by atoms with Crippen molar-refractivity contribution in [1.29, 1.82) is 0 Å². The van der Waals surface area contributed by atoms with Crippen molar-refractivity contribution in [3.63, 3.8) is 0 Å². The average Bonchev–Trinajstić information content (AvgIpc) is 2.93. The summed E-state index contributed by atoms with van der Waals surface area (Å²) in [6.07, 6.45) is 0.568. The van der Waals surface area contributed by atoms with Gasteiger partial charge in [-0.05, 0) is 12.1 Å². The van der Waals surface area contributed by atoms with Gasteiger partial charge in [0.2, 0.25) is 5.89 Å². The van der Waals surface area contributed by atoms with E-state index in [2.05, 4.69) is 25.4 Å². The summed E-state index contributed by atoms with van der Waals surface area (Å²) in [6.45, 7) is 1.85. The van der Waals surface area contributed by atoms with Crippen LogP contribution in [0.5, 0.6) is 0 Å². The van der Waals surface area contributed by atoms with E-state index >= 15 is 0 Å². The van der Waals surface area contributed by atoms with Crippen molar-refractivity contribution >= 4 is 11.0 Å². The topological polar surface area (TPSA) is 79.6 Å². The van der Waals surface area contributed by atoms with Gasteiger partial charge >= 0.3 is 0 Å². The van der Waals surface area contributed by atoms with Gasteiger partial charge in [0.05, 0.1) is 23.4 Å². The zero-order chi connectivity index (χ0) is 12.7. The van der Waals surface area contributed by atoms with Crippen LogP contribution in [0, 0.1) is 0 Å². The minimum atomic E-state index is 0.372. The lowest BCUT2D eigenvalue weighted by atomic mass is 10.0. The molecule has 2 N–H and O–H groups in total. The van der Waals surface area contributed by atoms with E-state index in [4.69, 9.17) is 4.52 Å². The molecule has 0 unspecified atom stereocenters. The van der Waals surface area contributed by atoms with Crippen molar-refractivity contribution in [2.24, 2.45) is 0 Å². The standard InChI is InChI=1S/C13H13N5O/c1-2-4-10-9(3-1)15-11(16-10)5-12-17-13(19-18-12)8-6-14-7-8/h1-4,8,14H,5-7H2,(H,15,16). The number of fused-ring (bicyclic) bond motifs is 1. The number of benzene rings is 1. The first-order chi connectivity index (χ1) is 9.38. The second-order valence-electron chi connectivity index (χ2n) is 4.78. The SMILES string of the molecule is c1ccc2[nH]c(Cc3noc(C4CNC4)n3)nc2c1. The monoisotopic (exact) mass is 255 g/mol. The van der Waals surface area contributed by atoms with Gasteiger partial charge < -0.3 is 14.8 Å². The van der Waals surface area contributed by atoms with Crippen LogP contribution in [0.4, 0.5) is 0 Å². The Morgan fingerprint density at radius 1 is 1.21 bits per heavy atom. The lowest BCUT2D eigenvalue weighted by Crippen LogP contribution is -2.40. The molecule has 3 aromatic rings. The number of hydrogen-bond acceptors (Lipinski definition) is 5. The van der Waals surface area contributed by atoms with Crippen LogP contribution in [0.15, 0.2) is 28.8 Å². The number of para-hydroxylation sites is 2. The number of aromatic amines is 1. The molecular formula is C13H13N5O. The van der Waals surface area contributed by atoms with Crippen LogP contribution in [0.2, 0.25) is 0 Å². The molecule has 96 valence electrons. The molecule has 1 aliphatic rings. The summed E-state index contributed by atoms with van der Waals surface area (Å²) in [6, 6.07) is 7.95. The first-order valence-corrected chi connectivity index (χ1v) is 6.35. The van der Waals surface area contributed by atoms with Gasteiger partial charge in [0.15, 0.2) is 5.82 Å². The van der Waals surface area contributed by atoms with Gasteiger partial charge in [0, 0.05) is 13.1 Å². The van der Waals surface area contributed by atoms with E-state index in [9.17, 15) is 0 Å². The summed E-state index contributed by atoms with van der Waals surface area (Å²) in [7, 11) is 0. The first kappa shape index (κ1) is 10.7. The third-order valence-corrected chi connectivity index (χ3v) is 3.38. The van der Waals surface area contributed by atoms with Crippen LogP contribution in [-0.2, 0) is 6.42 Å². The normalized spacial score (nSPS) is 15.8. The second-order valence-corrected chi connectivity index (χ2v) is 4.78. The van der Waals surface area contributed by atoms with Crippen molar-refractivity contribution in [2.45, 2.75) is 12.3 Å². The van der Waals surface area contributed by atoms with E-state index in [-0.39, 0.29) is 0 Å². The van der Waals surface area contributed by atoms with E-state index in [0.717, 1.165) is 35.8 Å². The third kappa shape index (κ3) is 1.90. The van der Waals surface area contributed by atoms with E-state index in [1.165, 1.54) is 0 Å². The van der Waals surface area contributed by atoms with E-state index in [0.29, 0.717) is 18.2 Å². The number of imidazole rings is 1. The number of hydrogen-bond donors (Lipinski definition) is 2. The first-order valence-electron chi connectivity index (χ1n) is 6.35. The third-order valence-electron chi connectivity index (χ3n) is 3.38. The minimum absolute atomic E-state index is 0.372. The Kier molecular flexibility index (Phi) is 2.34. The lowest BCUT2D eigenvalue weighted by Gasteiger charge is -2.22. The molecule has 1 aromatic carbocycles. The summed E-state index contributed by atoms with van der Waals surface area (Å²) in [5.74, 6) is 2.64. The number of nitrogens with one attached hydrogen (secondary N) is 2. The molecule has 4 rings (SSSR count). The molecule has 0 bridgehead atoms. The molecule has 0 saturated carbocycles. The van der Waals surface area contributed by atoms with Crippen LogP contribution < -0.4 is 5.32 Å². The summed E-state index contributed by atoms with van der Waals surface area (Å²) in [4.78, 5) is 12.2. The van der Waals surface area contributed by atoms with E-state index in [1.807, 2.05) is 24.3 Å². The van der Waals surface area contributed by atoms with E-state index in [1.54, 1.807) is 0 Å². The van der Waals surface area contributed by atoms with Gasteiger partial charge in [-0.3, -0.25) is 0 Å². The highest BCUT2D eigenvalue weighted by Gasteiger charge is 2.25.